The number of benzene rings is 1. The van der Waals surface area contributed by atoms with Gasteiger partial charge in [-0.15, -0.1) is 0 Å². The van der Waals surface area contributed by atoms with E-state index in [1.54, 1.807) is 24.3 Å². The first kappa shape index (κ1) is 17.0. The second-order valence-corrected chi connectivity index (χ2v) is 5.36. The van der Waals surface area contributed by atoms with Crippen molar-refractivity contribution in [1.82, 2.24) is 5.32 Å². The molecule has 0 saturated carbocycles. The summed E-state index contributed by atoms with van der Waals surface area (Å²) in [6.45, 7) is 1.24. The molecule has 23 heavy (non-hydrogen) atoms. The Morgan fingerprint density at radius 1 is 1.17 bits per heavy atom. The summed E-state index contributed by atoms with van der Waals surface area (Å²) >= 11 is 0. The van der Waals surface area contributed by atoms with Crippen molar-refractivity contribution < 1.29 is 24.2 Å². The van der Waals surface area contributed by atoms with E-state index in [2.05, 4.69) is 10.6 Å². The van der Waals surface area contributed by atoms with Crippen molar-refractivity contribution in [2.24, 2.45) is 0 Å². The van der Waals surface area contributed by atoms with E-state index in [1.165, 1.54) is 0 Å². The highest BCUT2D eigenvalue weighted by Crippen LogP contribution is 2.12. The number of amides is 2. The molecule has 3 N–H and O–H groups in total. The maximum Gasteiger partial charge on any atom is 0.303 e. The van der Waals surface area contributed by atoms with Crippen LogP contribution >= 0.6 is 0 Å². The molecule has 1 fully saturated rings. The number of anilines is 1. The Balaban J connectivity index is 1.79. The fourth-order valence-electron chi connectivity index (χ4n) is 2.26. The van der Waals surface area contributed by atoms with Gasteiger partial charge in [0.1, 0.15) is 0 Å². The van der Waals surface area contributed by atoms with Crippen LogP contribution < -0.4 is 10.6 Å². The summed E-state index contributed by atoms with van der Waals surface area (Å²) in [5.41, 5.74) is 1.02. The molecule has 1 unspecified atom stereocenters. The maximum absolute atomic E-state index is 12.0. The van der Waals surface area contributed by atoms with E-state index < -0.39 is 5.97 Å². The van der Waals surface area contributed by atoms with Crippen molar-refractivity contribution in [3.8, 4) is 0 Å². The van der Waals surface area contributed by atoms with Crippen molar-refractivity contribution in [1.29, 1.82) is 0 Å². The molecule has 1 aromatic rings. The average Bonchev–Trinajstić information content (AvgIpc) is 3.05. The van der Waals surface area contributed by atoms with E-state index in [9.17, 15) is 14.4 Å². The number of carboxylic acids is 1. The number of carboxylic acid groups (broad SMARTS) is 1. The number of carbonyl (C=O) groups is 3. The quantitative estimate of drug-likeness (QED) is 0.704. The standard InChI is InChI=1S/C16H20N2O5/c19-14(7-8-15(20)21)18-12-5-3-11(4-6-12)16(22)17-10-13-2-1-9-23-13/h3-6,13H,1-2,7-10H2,(H,17,22)(H,18,19)(H,20,21). The molecule has 124 valence electrons. The van der Waals surface area contributed by atoms with Gasteiger partial charge < -0.3 is 20.5 Å². The van der Waals surface area contributed by atoms with Crippen LogP contribution in [0, 0.1) is 0 Å². The molecule has 0 aromatic heterocycles. The number of nitrogens with one attached hydrogen (secondary N) is 2. The number of hydrogen-bond donors (Lipinski definition) is 3. The molecule has 1 atom stereocenters. The molecule has 7 heteroatoms. The average molecular weight is 320 g/mol. The van der Waals surface area contributed by atoms with Crippen molar-refractivity contribution >= 4 is 23.5 Å². The number of rotatable bonds is 7. The Morgan fingerprint density at radius 2 is 1.91 bits per heavy atom. The zero-order valence-corrected chi connectivity index (χ0v) is 12.7. The first-order valence-corrected chi connectivity index (χ1v) is 7.56. The minimum absolute atomic E-state index is 0.0844. The van der Waals surface area contributed by atoms with Crippen molar-refractivity contribution in [2.45, 2.75) is 31.8 Å². The summed E-state index contributed by atoms with van der Waals surface area (Å²) < 4.78 is 5.44. The van der Waals surface area contributed by atoms with Gasteiger partial charge in [-0.25, -0.2) is 0 Å². The molecule has 1 saturated heterocycles. The summed E-state index contributed by atoms with van der Waals surface area (Å²) in [7, 11) is 0. The van der Waals surface area contributed by atoms with Gasteiger partial charge in [-0.3, -0.25) is 14.4 Å². The second kappa shape index (κ2) is 8.28. The van der Waals surface area contributed by atoms with E-state index in [-0.39, 0.29) is 30.8 Å². The Labute approximate surface area is 134 Å². The van der Waals surface area contributed by atoms with Gasteiger partial charge in [-0.1, -0.05) is 0 Å². The lowest BCUT2D eigenvalue weighted by Gasteiger charge is -2.11. The molecule has 0 bridgehead atoms. The molecule has 1 heterocycles. The normalized spacial score (nSPS) is 16.8. The van der Waals surface area contributed by atoms with Crippen molar-refractivity contribution in [3.05, 3.63) is 29.8 Å². The third-order valence-electron chi connectivity index (χ3n) is 3.51. The SMILES string of the molecule is O=C(O)CCC(=O)Nc1ccc(C(=O)NCC2CCCO2)cc1. The first-order chi connectivity index (χ1) is 11.0. The van der Waals surface area contributed by atoms with E-state index in [0.29, 0.717) is 17.8 Å². The zero-order valence-electron chi connectivity index (χ0n) is 12.7. The van der Waals surface area contributed by atoms with Gasteiger partial charge in [-0.05, 0) is 37.1 Å². The predicted molar refractivity (Wildman–Crippen MR) is 83.2 cm³/mol. The number of aliphatic carboxylic acids is 1. The molecular formula is C16H20N2O5. The van der Waals surface area contributed by atoms with Crippen LogP contribution in [0.2, 0.25) is 0 Å². The van der Waals surface area contributed by atoms with Gasteiger partial charge in [0.25, 0.3) is 5.91 Å². The van der Waals surface area contributed by atoms with Crippen LogP contribution in [0.25, 0.3) is 0 Å². The molecular weight excluding hydrogens is 300 g/mol. The Morgan fingerprint density at radius 3 is 2.52 bits per heavy atom. The Bertz CT molecular complexity index is 564. The molecule has 0 spiro atoms. The molecule has 0 aliphatic carbocycles. The van der Waals surface area contributed by atoms with Gasteiger partial charge in [0, 0.05) is 30.8 Å². The molecule has 1 aliphatic rings. The number of ether oxygens (including phenoxy) is 1. The van der Waals surface area contributed by atoms with Gasteiger partial charge in [0.05, 0.1) is 12.5 Å². The topological polar surface area (TPSA) is 105 Å². The van der Waals surface area contributed by atoms with Crippen LogP contribution in [0.5, 0.6) is 0 Å². The van der Waals surface area contributed by atoms with E-state index >= 15 is 0 Å². The highest BCUT2D eigenvalue weighted by atomic mass is 16.5. The minimum Gasteiger partial charge on any atom is -0.481 e. The Hall–Kier alpha value is -2.41. The van der Waals surface area contributed by atoms with Crippen LogP contribution in [0.1, 0.15) is 36.0 Å². The third kappa shape index (κ3) is 5.71. The van der Waals surface area contributed by atoms with Crippen molar-refractivity contribution in [3.63, 3.8) is 0 Å². The molecule has 2 rings (SSSR count). The van der Waals surface area contributed by atoms with Crippen LogP contribution in [0.15, 0.2) is 24.3 Å². The summed E-state index contributed by atoms with van der Waals surface area (Å²) in [5, 5.41) is 13.9. The van der Waals surface area contributed by atoms with E-state index in [1.807, 2.05) is 0 Å². The van der Waals surface area contributed by atoms with Gasteiger partial charge in [0.15, 0.2) is 0 Å². The molecule has 7 nitrogen and oxygen atoms in total. The number of hydrogen-bond acceptors (Lipinski definition) is 4. The lowest BCUT2D eigenvalue weighted by molar-refractivity contribution is -0.138. The third-order valence-corrected chi connectivity index (χ3v) is 3.51. The van der Waals surface area contributed by atoms with Crippen LogP contribution in [0.4, 0.5) is 5.69 Å². The second-order valence-electron chi connectivity index (χ2n) is 5.36. The fourth-order valence-corrected chi connectivity index (χ4v) is 2.26. The Kier molecular flexibility index (Phi) is 6.10. The summed E-state index contributed by atoms with van der Waals surface area (Å²) in [6.07, 6.45) is 1.78. The highest BCUT2D eigenvalue weighted by Gasteiger charge is 2.16. The lowest BCUT2D eigenvalue weighted by Crippen LogP contribution is -2.31. The first-order valence-electron chi connectivity index (χ1n) is 7.56. The largest absolute Gasteiger partial charge is 0.481 e. The molecule has 1 aromatic carbocycles. The fraction of sp³-hybridized carbons (Fsp3) is 0.438. The van der Waals surface area contributed by atoms with Gasteiger partial charge in [-0.2, -0.15) is 0 Å². The van der Waals surface area contributed by atoms with Crippen LogP contribution in [-0.4, -0.2) is 42.1 Å². The number of carbonyl (C=O) groups excluding carboxylic acids is 2. The van der Waals surface area contributed by atoms with E-state index in [4.69, 9.17) is 9.84 Å². The minimum atomic E-state index is -1.02. The summed E-state index contributed by atoms with van der Waals surface area (Å²) in [6, 6.07) is 6.44. The highest BCUT2D eigenvalue weighted by molar-refractivity contribution is 5.96. The van der Waals surface area contributed by atoms with Gasteiger partial charge >= 0.3 is 5.97 Å². The predicted octanol–water partition coefficient (Wildman–Crippen LogP) is 1.40. The van der Waals surface area contributed by atoms with E-state index in [0.717, 1.165) is 19.4 Å². The lowest BCUT2D eigenvalue weighted by atomic mass is 10.1. The maximum atomic E-state index is 12.0. The monoisotopic (exact) mass is 320 g/mol. The summed E-state index contributed by atoms with van der Waals surface area (Å²) in [4.78, 5) is 33.9. The molecule has 1 aliphatic heterocycles. The zero-order chi connectivity index (χ0) is 16.7. The summed E-state index contributed by atoms with van der Waals surface area (Å²) in [5.74, 6) is -1.58. The molecule has 0 radical (unpaired) electrons. The van der Waals surface area contributed by atoms with Crippen molar-refractivity contribution in [2.75, 3.05) is 18.5 Å². The smallest absolute Gasteiger partial charge is 0.303 e. The van der Waals surface area contributed by atoms with Crippen LogP contribution in [-0.2, 0) is 14.3 Å². The van der Waals surface area contributed by atoms with Crippen LogP contribution in [0.3, 0.4) is 0 Å². The van der Waals surface area contributed by atoms with Gasteiger partial charge in [0.2, 0.25) is 5.91 Å². The molecule has 2 amide bonds.